The minimum absolute atomic E-state index is 0.00923. The summed E-state index contributed by atoms with van der Waals surface area (Å²) in [6.45, 7) is 8.50. The highest BCUT2D eigenvalue weighted by Crippen LogP contribution is 2.15. The van der Waals surface area contributed by atoms with Gasteiger partial charge in [-0.3, -0.25) is 14.5 Å². The van der Waals surface area contributed by atoms with E-state index in [-0.39, 0.29) is 23.9 Å². The van der Waals surface area contributed by atoms with Gasteiger partial charge in [-0.05, 0) is 31.5 Å². The maximum atomic E-state index is 12.4. The maximum Gasteiger partial charge on any atom is 0.258 e. The number of amides is 1. The van der Waals surface area contributed by atoms with Crippen molar-refractivity contribution < 1.29 is 4.79 Å². The van der Waals surface area contributed by atoms with E-state index in [1.54, 1.807) is 25.1 Å². The molecular weight excluding hydrogens is 330 g/mol. The molecule has 1 amide bonds. The molecule has 0 saturated carbocycles. The van der Waals surface area contributed by atoms with Crippen LogP contribution in [0.1, 0.15) is 33.5 Å². The number of nitriles is 1. The summed E-state index contributed by atoms with van der Waals surface area (Å²) in [4.78, 5) is 33.6. The SMILES string of the molecule is CCN(CC(=O)N[C@](C)(C#N)C(C)C)Cc1nc2ccccc2c(=O)[nH]1. The Morgan fingerprint density at radius 1 is 1.42 bits per heavy atom. The van der Waals surface area contributed by atoms with Crippen molar-refractivity contribution in [2.75, 3.05) is 13.1 Å². The molecule has 2 N–H and O–H groups in total. The van der Waals surface area contributed by atoms with Gasteiger partial charge in [-0.1, -0.05) is 32.9 Å². The summed E-state index contributed by atoms with van der Waals surface area (Å²) in [7, 11) is 0. The lowest BCUT2D eigenvalue weighted by Crippen LogP contribution is -2.51. The third kappa shape index (κ3) is 4.46. The molecule has 138 valence electrons. The summed E-state index contributed by atoms with van der Waals surface area (Å²) in [5, 5.41) is 12.7. The molecule has 0 aliphatic carbocycles. The second kappa shape index (κ2) is 8.11. The Labute approximate surface area is 153 Å². The predicted molar refractivity (Wildman–Crippen MR) is 100 cm³/mol. The summed E-state index contributed by atoms with van der Waals surface area (Å²) >= 11 is 0. The standard InChI is InChI=1S/C19H25N5O2/c1-5-24(11-17(25)23-19(4,12-20)13(2)3)10-16-21-15-9-7-6-8-14(15)18(26)22-16/h6-9,13H,5,10-11H2,1-4H3,(H,23,25)(H,21,22,26)/t19-/m1/s1. The van der Waals surface area contributed by atoms with Crippen LogP contribution in [0.15, 0.2) is 29.1 Å². The minimum atomic E-state index is -0.911. The van der Waals surface area contributed by atoms with Crippen LogP contribution in [-0.4, -0.2) is 39.4 Å². The number of rotatable bonds is 7. The first kappa shape index (κ1) is 19.6. The Morgan fingerprint density at radius 3 is 2.73 bits per heavy atom. The zero-order valence-electron chi connectivity index (χ0n) is 15.7. The first-order valence-electron chi connectivity index (χ1n) is 8.71. The molecule has 7 heteroatoms. The Morgan fingerprint density at radius 2 is 2.12 bits per heavy atom. The molecule has 0 radical (unpaired) electrons. The second-order valence-corrected chi connectivity index (χ2v) is 6.85. The van der Waals surface area contributed by atoms with Gasteiger partial charge < -0.3 is 10.3 Å². The Bertz CT molecular complexity index is 883. The maximum absolute atomic E-state index is 12.4. The van der Waals surface area contributed by atoms with E-state index in [2.05, 4.69) is 21.4 Å². The summed E-state index contributed by atoms with van der Waals surface area (Å²) in [6, 6.07) is 9.31. The average molecular weight is 355 g/mol. The number of aromatic amines is 1. The molecule has 1 atom stereocenters. The number of carbonyl (C=O) groups is 1. The number of nitrogens with one attached hydrogen (secondary N) is 2. The minimum Gasteiger partial charge on any atom is -0.337 e. The van der Waals surface area contributed by atoms with E-state index in [1.165, 1.54) is 0 Å². The monoisotopic (exact) mass is 355 g/mol. The fraction of sp³-hybridized carbons (Fsp3) is 0.474. The van der Waals surface area contributed by atoms with E-state index in [9.17, 15) is 14.9 Å². The van der Waals surface area contributed by atoms with E-state index >= 15 is 0 Å². The van der Waals surface area contributed by atoms with Crippen LogP contribution in [0.25, 0.3) is 10.9 Å². The van der Waals surface area contributed by atoms with Crippen LogP contribution in [0, 0.1) is 17.2 Å². The van der Waals surface area contributed by atoms with Crippen molar-refractivity contribution in [3.8, 4) is 6.07 Å². The predicted octanol–water partition coefficient (Wildman–Crippen LogP) is 1.80. The number of H-pyrrole nitrogens is 1. The van der Waals surface area contributed by atoms with Gasteiger partial charge in [-0.15, -0.1) is 0 Å². The number of hydrogen-bond donors (Lipinski definition) is 2. The van der Waals surface area contributed by atoms with Gasteiger partial charge in [-0.2, -0.15) is 5.26 Å². The normalized spacial score (nSPS) is 13.6. The topological polar surface area (TPSA) is 102 Å². The first-order valence-corrected chi connectivity index (χ1v) is 8.71. The van der Waals surface area contributed by atoms with Crippen LogP contribution in [0.4, 0.5) is 0 Å². The van der Waals surface area contributed by atoms with E-state index in [4.69, 9.17) is 0 Å². The number of carbonyl (C=O) groups excluding carboxylic acids is 1. The van der Waals surface area contributed by atoms with Gasteiger partial charge in [0.15, 0.2) is 0 Å². The van der Waals surface area contributed by atoms with E-state index in [0.717, 1.165) is 0 Å². The molecule has 0 spiro atoms. The van der Waals surface area contributed by atoms with Crippen molar-refractivity contribution >= 4 is 16.8 Å². The van der Waals surface area contributed by atoms with Crippen LogP contribution in [0.3, 0.4) is 0 Å². The molecule has 1 aromatic heterocycles. The Hall–Kier alpha value is -2.72. The number of aromatic nitrogens is 2. The van der Waals surface area contributed by atoms with Crippen molar-refractivity contribution in [3.63, 3.8) is 0 Å². The van der Waals surface area contributed by atoms with Gasteiger partial charge in [0.1, 0.15) is 11.4 Å². The number of hydrogen-bond acceptors (Lipinski definition) is 5. The number of para-hydroxylation sites is 1. The number of nitrogens with zero attached hydrogens (tertiary/aromatic N) is 3. The largest absolute Gasteiger partial charge is 0.337 e. The van der Waals surface area contributed by atoms with Gasteiger partial charge in [0, 0.05) is 0 Å². The molecule has 0 bridgehead atoms. The zero-order chi connectivity index (χ0) is 19.3. The quantitative estimate of drug-likeness (QED) is 0.788. The van der Waals surface area contributed by atoms with Gasteiger partial charge in [0.2, 0.25) is 5.91 Å². The lowest BCUT2D eigenvalue weighted by Gasteiger charge is -2.29. The van der Waals surface area contributed by atoms with Crippen molar-refractivity contribution in [2.45, 2.75) is 39.8 Å². The molecule has 1 heterocycles. The highest BCUT2D eigenvalue weighted by molar-refractivity contribution is 5.79. The second-order valence-electron chi connectivity index (χ2n) is 6.85. The summed E-state index contributed by atoms with van der Waals surface area (Å²) in [6.07, 6.45) is 0. The summed E-state index contributed by atoms with van der Waals surface area (Å²) in [5.41, 5.74) is -0.474. The third-order valence-corrected chi connectivity index (χ3v) is 4.64. The number of benzene rings is 1. The molecule has 0 saturated heterocycles. The molecule has 0 fully saturated rings. The summed E-state index contributed by atoms with van der Waals surface area (Å²) < 4.78 is 0. The van der Waals surface area contributed by atoms with Crippen LogP contribution in [-0.2, 0) is 11.3 Å². The van der Waals surface area contributed by atoms with Gasteiger partial charge in [-0.25, -0.2) is 4.98 Å². The highest BCUT2D eigenvalue weighted by Gasteiger charge is 2.30. The highest BCUT2D eigenvalue weighted by atomic mass is 16.2. The number of fused-ring (bicyclic) bond motifs is 1. The van der Waals surface area contributed by atoms with Gasteiger partial charge in [0.25, 0.3) is 5.56 Å². The average Bonchev–Trinajstić information content (AvgIpc) is 2.60. The molecule has 0 aliphatic heterocycles. The lowest BCUT2D eigenvalue weighted by molar-refractivity contribution is -0.124. The van der Waals surface area contributed by atoms with Crippen LogP contribution >= 0.6 is 0 Å². The lowest BCUT2D eigenvalue weighted by atomic mass is 9.90. The molecular formula is C19H25N5O2. The molecule has 2 rings (SSSR count). The smallest absolute Gasteiger partial charge is 0.258 e. The van der Waals surface area contributed by atoms with Crippen LogP contribution < -0.4 is 10.9 Å². The molecule has 1 aromatic carbocycles. The van der Waals surface area contributed by atoms with Gasteiger partial charge in [0.05, 0.1) is 30.1 Å². The molecule has 0 unspecified atom stereocenters. The molecule has 26 heavy (non-hydrogen) atoms. The molecule has 2 aromatic rings. The Kier molecular flexibility index (Phi) is 6.11. The van der Waals surface area contributed by atoms with Crippen molar-refractivity contribution in [1.29, 1.82) is 5.26 Å². The summed E-state index contributed by atoms with van der Waals surface area (Å²) in [5.74, 6) is 0.271. The van der Waals surface area contributed by atoms with Crippen LogP contribution in [0.2, 0.25) is 0 Å². The zero-order valence-corrected chi connectivity index (χ0v) is 15.7. The van der Waals surface area contributed by atoms with E-state index in [1.807, 2.05) is 31.7 Å². The van der Waals surface area contributed by atoms with Crippen LogP contribution in [0.5, 0.6) is 0 Å². The first-order chi connectivity index (χ1) is 12.3. The fourth-order valence-corrected chi connectivity index (χ4v) is 2.53. The third-order valence-electron chi connectivity index (χ3n) is 4.64. The van der Waals surface area contributed by atoms with Crippen molar-refractivity contribution in [2.24, 2.45) is 5.92 Å². The van der Waals surface area contributed by atoms with E-state index in [0.29, 0.717) is 29.8 Å². The number of likely N-dealkylation sites (N-methyl/N-ethyl adjacent to an activating group) is 1. The fourth-order valence-electron chi connectivity index (χ4n) is 2.53. The van der Waals surface area contributed by atoms with Crippen molar-refractivity contribution in [3.05, 3.63) is 40.4 Å². The molecule has 0 aliphatic rings. The molecule has 7 nitrogen and oxygen atoms in total. The Balaban J connectivity index is 2.11. The van der Waals surface area contributed by atoms with Gasteiger partial charge >= 0.3 is 0 Å². The van der Waals surface area contributed by atoms with E-state index < -0.39 is 5.54 Å². The van der Waals surface area contributed by atoms with Crippen molar-refractivity contribution in [1.82, 2.24) is 20.2 Å².